The highest BCUT2D eigenvalue weighted by molar-refractivity contribution is 7.13. The van der Waals surface area contributed by atoms with Crippen LogP contribution in [0, 0.1) is 20.8 Å². The monoisotopic (exact) mass is 344 g/mol. The number of anilines is 2. The highest BCUT2D eigenvalue weighted by atomic mass is 32.1. The Hall–Kier alpha value is -1.92. The van der Waals surface area contributed by atoms with Crippen molar-refractivity contribution in [2.24, 2.45) is 0 Å². The summed E-state index contributed by atoms with van der Waals surface area (Å²) in [6.45, 7) is 10.4. The second-order valence-electron chi connectivity index (χ2n) is 6.40. The molecule has 2 aromatic rings. The Balaban J connectivity index is 1.51. The second-order valence-corrected chi connectivity index (χ2v) is 7.25. The van der Waals surface area contributed by atoms with Gasteiger partial charge in [-0.05, 0) is 38.0 Å². The zero-order valence-corrected chi connectivity index (χ0v) is 15.3. The van der Waals surface area contributed by atoms with Crippen molar-refractivity contribution in [1.29, 1.82) is 0 Å². The average Bonchev–Trinajstić information content (AvgIpc) is 2.95. The number of hydrogen-bond acceptors (Lipinski definition) is 5. The fourth-order valence-electron chi connectivity index (χ4n) is 2.98. The van der Waals surface area contributed by atoms with Crippen LogP contribution in [0.4, 0.5) is 10.8 Å². The maximum absolute atomic E-state index is 12.1. The molecule has 1 fully saturated rings. The standard InChI is InChI=1S/C18H24N4OS/c1-13-4-5-14(2)16(10-13)22-8-6-21(7-9-22)11-17(23)20-18-19-15(3)12-24-18/h4-5,10,12H,6-9,11H2,1-3H3,(H,19,20,23). The van der Waals surface area contributed by atoms with E-state index in [9.17, 15) is 4.79 Å². The number of benzene rings is 1. The average molecular weight is 344 g/mol. The number of rotatable bonds is 4. The number of nitrogens with zero attached hydrogens (tertiary/aromatic N) is 3. The van der Waals surface area contributed by atoms with Crippen LogP contribution in [0.25, 0.3) is 0 Å². The Labute approximate surface area is 147 Å². The summed E-state index contributed by atoms with van der Waals surface area (Å²) in [6, 6.07) is 6.59. The normalized spacial score (nSPS) is 15.5. The molecule has 0 aliphatic carbocycles. The summed E-state index contributed by atoms with van der Waals surface area (Å²) in [5, 5.41) is 5.51. The molecule has 3 rings (SSSR count). The lowest BCUT2D eigenvalue weighted by molar-refractivity contribution is -0.117. The van der Waals surface area contributed by atoms with Gasteiger partial charge in [-0.15, -0.1) is 11.3 Å². The summed E-state index contributed by atoms with van der Waals surface area (Å²) in [7, 11) is 0. The van der Waals surface area contributed by atoms with E-state index in [4.69, 9.17) is 0 Å². The molecular formula is C18H24N4OS. The number of carbonyl (C=O) groups excluding carboxylic acids is 1. The van der Waals surface area contributed by atoms with Gasteiger partial charge in [-0.2, -0.15) is 0 Å². The van der Waals surface area contributed by atoms with Crippen LogP contribution in [0.3, 0.4) is 0 Å². The zero-order valence-electron chi connectivity index (χ0n) is 14.5. The number of carbonyl (C=O) groups is 1. The van der Waals surface area contributed by atoms with Crippen LogP contribution in [-0.2, 0) is 4.79 Å². The number of nitrogens with one attached hydrogen (secondary N) is 1. The quantitative estimate of drug-likeness (QED) is 0.926. The lowest BCUT2D eigenvalue weighted by Crippen LogP contribution is -2.48. The van der Waals surface area contributed by atoms with Gasteiger partial charge in [0.2, 0.25) is 5.91 Å². The van der Waals surface area contributed by atoms with E-state index >= 15 is 0 Å². The van der Waals surface area contributed by atoms with Crippen molar-refractivity contribution in [3.63, 3.8) is 0 Å². The third kappa shape index (κ3) is 4.13. The Morgan fingerprint density at radius 3 is 2.62 bits per heavy atom. The number of amides is 1. The molecule has 0 saturated carbocycles. The van der Waals surface area contributed by atoms with Crippen LogP contribution in [0.15, 0.2) is 23.6 Å². The molecule has 0 radical (unpaired) electrons. The van der Waals surface area contributed by atoms with E-state index in [1.807, 2.05) is 12.3 Å². The molecular weight excluding hydrogens is 320 g/mol. The molecule has 1 aliphatic rings. The first-order valence-electron chi connectivity index (χ1n) is 8.28. The highest BCUT2D eigenvalue weighted by Crippen LogP contribution is 2.22. The largest absolute Gasteiger partial charge is 0.369 e. The van der Waals surface area contributed by atoms with Crippen molar-refractivity contribution in [1.82, 2.24) is 9.88 Å². The molecule has 6 heteroatoms. The molecule has 1 aromatic carbocycles. The van der Waals surface area contributed by atoms with Crippen molar-refractivity contribution in [3.05, 3.63) is 40.4 Å². The summed E-state index contributed by atoms with van der Waals surface area (Å²) in [5.41, 5.74) is 4.86. The molecule has 1 amide bonds. The molecule has 1 saturated heterocycles. The SMILES string of the molecule is Cc1ccc(C)c(N2CCN(CC(=O)Nc3nc(C)cs3)CC2)c1. The number of aromatic nitrogens is 1. The summed E-state index contributed by atoms with van der Waals surface area (Å²) in [4.78, 5) is 21.0. The van der Waals surface area contributed by atoms with Crippen molar-refractivity contribution >= 4 is 28.1 Å². The third-order valence-corrected chi connectivity index (χ3v) is 5.19. The molecule has 0 bridgehead atoms. The predicted octanol–water partition coefficient (Wildman–Crippen LogP) is 2.83. The Morgan fingerprint density at radius 1 is 1.21 bits per heavy atom. The van der Waals surface area contributed by atoms with E-state index in [1.54, 1.807) is 0 Å². The van der Waals surface area contributed by atoms with Gasteiger partial charge in [0.25, 0.3) is 0 Å². The lowest BCUT2D eigenvalue weighted by atomic mass is 10.1. The Bertz CT molecular complexity index is 720. The van der Waals surface area contributed by atoms with Crippen LogP contribution in [-0.4, -0.2) is 48.5 Å². The molecule has 0 spiro atoms. The van der Waals surface area contributed by atoms with Crippen LogP contribution < -0.4 is 10.2 Å². The summed E-state index contributed by atoms with van der Waals surface area (Å²) in [6.07, 6.45) is 0. The smallest absolute Gasteiger partial charge is 0.240 e. The first-order valence-corrected chi connectivity index (χ1v) is 9.16. The molecule has 0 unspecified atom stereocenters. The number of piperazine rings is 1. The highest BCUT2D eigenvalue weighted by Gasteiger charge is 2.20. The van der Waals surface area contributed by atoms with Crippen LogP contribution in [0.2, 0.25) is 0 Å². The van der Waals surface area contributed by atoms with E-state index in [0.717, 1.165) is 31.9 Å². The Morgan fingerprint density at radius 2 is 1.96 bits per heavy atom. The number of hydrogen-bond donors (Lipinski definition) is 1. The molecule has 128 valence electrons. The molecule has 5 nitrogen and oxygen atoms in total. The maximum atomic E-state index is 12.1. The first-order chi connectivity index (χ1) is 11.5. The minimum Gasteiger partial charge on any atom is -0.369 e. The number of aryl methyl sites for hydroxylation is 3. The van der Waals surface area contributed by atoms with Gasteiger partial charge in [-0.25, -0.2) is 4.98 Å². The molecule has 1 aliphatic heterocycles. The summed E-state index contributed by atoms with van der Waals surface area (Å²) < 4.78 is 0. The maximum Gasteiger partial charge on any atom is 0.240 e. The zero-order chi connectivity index (χ0) is 17.1. The minimum absolute atomic E-state index is 0.0181. The van der Waals surface area contributed by atoms with Crippen LogP contribution >= 0.6 is 11.3 Å². The van der Waals surface area contributed by atoms with E-state index in [-0.39, 0.29) is 5.91 Å². The van der Waals surface area contributed by atoms with E-state index < -0.39 is 0 Å². The summed E-state index contributed by atoms with van der Waals surface area (Å²) >= 11 is 1.47. The second kappa shape index (κ2) is 7.32. The van der Waals surface area contributed by atoms with E-state index in [2.05, 4.69) is 52.1 Å². The van der Waals surface area contributed by atoms with Crippen molar-refractivity contribution in [2.75, 3.05) is 42.9 Å². The number of thiazole rings is 1. The molecule has 2 heterocycles. The summed E-state index contributed by atoms with van der Waals surface area (Å²) in [5.74, 6) is 0.0181. The van der Waals surface area contributed by atoms with E-state index in [1.165, 1.54) is 28.2 Å². The van der Waals surface area contributed by atoms with Gasteiger partial charge < -0.3 is 10.2 Å². The van der Waals surface area contributed by atoms with Gasteiger partial charge in [-0.3, -0.25) is 9.69 Å². The fourth-order valence-corrected chi connectivity index (χ4v) is 3.68. The molecule has 1 N–H and O–H groups in total. The minimum atomic E-state index is 0.0181. The Kier molecular flexibility index (Phi) is 5.16. The van der Waals surface area contributed by atoms with Gasteiger partial charge in [0, 0.05) is 37.2 Å². The van der Waals surface area contributed by atoms with Gasteiger partial charge in [0.1, 0.15) is 0 Å². The van der Waals surface area contributed by atoms with Crippen molar-refractivity contribution in [3.8, 4) is 0 Å². The molecule has 1 aromatic heterocycles. The topological polar surface area (TPSA) is 48.5 Å². The van der Waals surface area contributed by atoms with Crippen molar-refractivity contribution in [2.45, 2.75) is 20.8 Å². The molecule has 24 heavy (non-hydrogen) atoms. The van der Waals surface area contributed by atoms with Gasteiger partial charge in [-0.1, -0.05) is 12.1 Å². The van der Waals surface area contributed by atoms with Gasteiger partial charge >= 0.3 is 0 Å². The molecule has 0 atom stereocenters. The lowest BCUT2D eigenvalue weighted by Gasteiger charge is -2.36. The van der Waals surface area contributed by atoms with Crippen LogP contribution in [0.5, 0.6) is 0 Å². The van der Waals surface area contributed by atoms with E-state index in [0.29, 0.717) is 11.7 Å². The van der Waals surface area contributed by atoms with Crippen LogP contribution in [0.1, 0.15) is 16.8 Å². The van der Waals surface area contributed by atoms with Crippen molar-refractivity contribution < 1.29 is 4.79 Å². The third-order valence-electron chi connectivity index (χ3n) is 4.31. The predicted molar refractivity (Wildman–Crippen MR) is 100 cm³/mol. The first kappa shape index (κ1) is 16.9. The fraction of sp³-hybridized carbons (Fsp3) is 0.444. The van der Waals surface area contributed by atoms with Gasteiger partial charge in [0.05, 0.1) is 12.2 Å². The van der Waals surface area contributed by atoms with Gasteiger partial charge in [0.15, 0.2) is 5.13 Å².